The molecule has 0 aliphatic heterocycles. The molecule has 9 heavy (non-hydrogen) atoms. The average molecular weight is 168 g/mol. The Labute approximate surface area is 63.0 Å². The molecule has 0 saturated carbocycles. The quantitative estimate of drug-likeness (QED) is 0.296. The smallest absolute Gasteiger partial charge is 0.121 e. The number of nitrogens with two attached hydrogens (primary N) is 2. The lowest BCUT2D eigenvalue weighted by atomic mass is 10.7. The zero-order valence-corrected chi connectivity index (χ0v) is 6.75. The van der Waals surface area contributed by atoms with E-state index in [1.165, 1.54) is 10.8 Å². The highest BCUT2D eigenvalue weighted by atomic mass is 33.1. The van der Waals surface area contributed by atoms with Crippen LogP contribution in [0.4, 0.5) is 0 Å². The zero-order valence-electron chi connectivity index (χ0n) is 5.12. The van der Waals surface area contributed by atoms with Gasteiger partial charge in [-0.2, -0.15) is 0 Å². The molecule has 0 aliphatic carbocycles. The number of aliphatic hydroxyl groups excluding tert-OH is 1. The lowest BCUT2D eigenvalue weighted by Gasteiger charge is -2.03. The standard InChI is InChI=1S/C4H12N2OS2/c5-1-2-8-9-4(7)3-6/h4,7H,1-3,5-6H2. The first-order valence-corrected chi connectivity index (χ1v) is 5.06. The highest BCUT2D eigenvalue weighted by Crippen LogP contribution is 2.23. The maximum atomic E-state index is 8.86. The summed E-state index contributed by atoms with van der Waals surface area (Å²) in [6.45, 7) is 0.956. The van der Waals surface area contributed by atoms with E-state index >= 15 is 0 Å². The molecule has 0 aromatic heterocycles. The molecular weight excluding hydrogens is 156 g/mol. The van der Waals surface area contributed by atoms with E-state index in [0.29, 0.717) is 13.1 Å². The van der Waals surface area contributed by atoms with Crippen LogP contribution < -0.4 is 11.5 Å². The van der Waals surface area contributed by atoms with Gasteiger partial charge in [-0.05, 0) is 0 Å². The van der Waals surface area contributed by atoms with Crippen LogP contribution in [-0.2, 0) is 0 Å². The van der Waals surface area contributed by atoms with Crippen molar-refractivity contribution in [2.75, 3.05) is 18.8 Å². The average Bonchev–Trinajstić information content (AvgIpc) is 1.89. The largest absolute Gasteiger partial charge is 0.380 e. The molecule has 0 bridgehead atoms. The molecule has 3 nitrogen and oxygen atoms in total. The number of rotatable bonds is 5. The third-order valence-electron chi connectivity index (χ3n) is 0.582. The molecule has 5 N–H and O–H groups in total. The van der Waals surface area contributed by atoms with Gasteiger partial charge in [0.15, 0.2) is 0 Å². The van der Waals surface area contributed by atoms with E-state index in [9.17, 15) is 0 Å². The topological polar surface area (TPSA) is 72.3 Å². The summed E-state index contributed by atoms with van der Waals surface area (Å²) in [7, 11) is 2.92. The van der Waals surface area contributed by atoms with Gasteiger partial charge >= 0.3 is 0 Å². The Balaban J connectivity index is 2.88. The Morgan fingerprint density at radius 1 is 1.44 bits per heavy atom. The highest BCUT2D eigenvalue weighted by molar-refractivity contribution is 8.76. The fraction of sp³-hybridized carbons (Fsp3) is 1.00. The first-order chi connectivity index (χ1) is 4.31. The molecule has 0 amide bonds. The second-order valence-corrected chi connectivity index (χ2v) is 4.06. The van der Waals surface area contributed by atoms with Crippen LogP contribution in [0.5, 0.6) is 0 Å². The summed E-state index contributed by atoms with van der Waals surface area (Å²) in [4.78, 5) is 0. The summed E-state index contributed by atoms with van der Waals surface area (Å²) >= 11 is 0. The van der Waals surface area contributed by atoms with E-state index < -0.39 is 5.44 Å². The van der Waals surface area contributed by atoms with Crippen LogP contribution in [0, 0.1) is 0 Å². The van der Waals surface area contributed by atoms with Crippen molar-refractivity contribution in [3.05, 3.63) is 0 Å². The molecule has 1 unspecified atom stereocenters. The second-order valence-electron chi connectivity index (χ2n) is 1.40. The SMILES string of the molecule is NCCSSC(O)CN. The lowest BCUT2D eigenvalue weighted by Crippen LogP contribution is -2.14. The predicted molar refractivity (Wildman–Crippen MR) is 44.2 cm³/mol. The summed E-state index contributed by atoms with van der Waals surface area (Å²) < 4.78 is 0. The van der Waals surface area contributed by atoms with E-state index in [-0.39, 0.29) is 0 Å². The van der Waals surface area contributed by atoms with Gasteiger partial charge in [0.25, 0.3) is 0 Å². The molecule has 5 heteroatoms. The highest BCUT2D eigenvalue weighted by Gasteiger charge is 1.99. The van der Waals surface area contributed by atoms with Crippen molar-refractivity contribution in [2.24, 2.45) is 11.5 Å². The van der Waals surface area contributed by atoms with Crippen LogP contribution in [-0.4, -0.2) is 29.4 Å². The zero-order chi connectivity index (χ0) is 7.11. The monoisotopic (exact) mass is 168 g/mol. The molecular formula is C4H12N2OS2. The van der Waals surface area contributed by atoms with Gasteiger partial charge < -0.3 is 16.6 Å². The van der Waals surface area contributed by atoms with Gasteiger partial charge in [-0.25, -0.2) is 0 Å². The molecule has 0 saturated heterocycles. The normalized spacial score (nSPS) is 13.7. The van der Waals surface area contributed by atoms with Crippen LogP contribution in [0.25, 0.3) is 0 Å². The number of hydrogen-bond acceptors (Lipinski definition) is 5. The van der Waals surface area contributed by atoms with E-state index in [1.807, 2.05) is 0 Å². The van der Waals surface area contributed by atoms with E-state index in [4.69, 9.17) is 16.6 Å². The Bertz CT molecular complexity index is 64.5. The predicted octanol–water partition coefficient (Wildman–Crippen LogP) is -0.396. The van der Waals surface area contributed by atoms with E-state index in [1.54, 1.807) is 10.8 Å². The van der Waals surface area contributed by atoms with Crippen molar-refractivity contribution >= 4 is 21.6 Å². The molecule has 0 aliphatic rings. The van der Waals surface area contributed by atoms with Gasteiger partial charge in [0, 0.05) is 18.8 Å². The third-order valence-corrected chi connectivity index (χ3v) is 3.11. The van der Waals surface area contributed by atoms with Crippen molar-refractivity contribution in [3.63, 3.8) is 0 Å². The van der Waals surface area contributed by atoms with Crippen molar-refractivity contribution in [2.45, 2.75) is 5.44 Å². The summed E-state index contributed by atoms with van der Waals surface area (Å²) in [5.41, 5.74) is 9.90. The summed E-state index contributed by atoms with van der Waals surface area (Å²) in [5, 5.41) is 8.86. The summed E-state index contributed by atoms with van der Waals surface area (Å²) in [5.74, 6) is 0.863. The second kappa shape index (κ2) is 6.70. The van der Waals surface area contributed by atoms with Crippen molar-refractivity contribution < 1.29 is 5.11 Å². The fourth-order valence-electron chi connectivity index (χ4n) is 0.214. The minimum Gasteiger partial charge on any atom is -0.380 e. The summed E-state index contributed by atoms with van der Waals surface area (Å²) in [6.07, 6.45) is 0. The third kappa shape index (κ3) is 6.47. The van der Waals surface area contributed by atoms with Crippen molar-refractivity contribution in [1.82, 2.24) is 0 Å². The number of aliphatic hydroxyl groups is 1. The Kier molecular flexibility index (Phi) is 7.13. The Hall–Kier alpha value is 0.580. The molecule has 0 spiro atoms. The van der Waals surface area contributed by atoms with Gasteiger partial charge in [-0.15, -0.1) is 0 Å². The molecule has 0 aromatic rings. The molecule has 0 rings (SSSR count). The minimum atomic E-state index is -0.443. The van der Waals surface area contributed by atoms with Crippen LogP contribution >= 0.6 is 21.6 Å². The molecule has 0 aromatic carbocycles. The Morgan fingerprint density at radius 3 is 2.56 bits per heavy atom. The van der Waals surface area contributed by atoms with Crippen LogP contribution in [0.2, 0.25) is 0 Å². The van der Waals surface area contributed by atoms with Gasteiger partial charge in [0.2, 0.25) is 0 Å². The van der Waals surface area contributed by atoms with Gasteiger partial charge in [0.05, 0.1) is 0 Å². The Morgan fingerprint density at radius 2 is 2.11 bits per heavy atom. The maximum absolute atomic E-state index is 8.86. The minimum absolute atomic E-state index is 0.308. The van der Waals surface area contributed by atoms with Crippen LogP contribution in [0.15, 0.2) is 0 Å². The maximum Gasteiger partial charge on any atom is 0.121 e. The molecule has 56 valence electrons. The van der Waals surface area contributed by atoms with Gasteiger partial charge in [-0.3, -0.25) is 0 Å². The summed E-state index contributed by atoms with van der Waals surface area (Å²) in [6, 6.07) is 0. The number of hydrogen-bond donors (Lipinski definition) is 3. The van der Waals surface area contributed by atoms with Crippen LogP contribution in [0.1, 0.15) is 0 Å². The first kappa shape index (κ1) is 9.58. The van der Waals surface area contributed by atoms with Crippen molar-refractivity contribution in [3.8, 4) is 0 Å². The molecule has 0 fully saturated rings. The first-order valence-electron chi connectivity index (χ1n) is 2.67. The van der Waals surface area contributed by atoms with Gasteiger partial charge in [-0.1, -0.05) is 21.6 Å². The molecule has 0 radical (unpaired) electrons. The van der Waals surface area contributed by atoms with Crippen molar-refractivity contribution in [1.29, 1.82) is 0 Å². The van der Waals surface area contributed by atoms with Crippen LogP contribution in [0.3, 0.4) is 0 Å². The fourth-order valence-corrected chi connectivity index (χ4v) is 1.93. The van der Waals surface area contributed by atoms with Gasteiger partial charge in [0.1, 0.15) is 5.44 Å². The lowest BCUT2D eigenvalue weighted by molar-refractivity contribution is 0.273. The van der Waals surface area contributed by atoms with E-state index in [0.717, 1.165) is 5.75 Å². The molecule has 0 heterocycles. The van der Waals surface area contributed by atoms with E-state index in [2.05, 4.69) is 0 Å². The molecule has 1 atom stereocenters.